The molecule has 0 saturated carbocycles. The third-order valence-corrected chi connectivity index (χ3v) is 3.90. The van der Waals surface area contributed by atoms with E-state index in [0.717, 1.165) is 24.1 Å². The van der Waals surface area contributed by atoms with Crippen LogP contribution in [-0.2, 0) is 13.1 Å². The molecule has 2 rings (SSSR count). The lowest BCUT2D eigenvalue weighted by Crippen LogP contribution is -2.36. The lowest BCUT2D eigenvalue weighted by Gasteiger charge is -2.10. The van der Waals surface area contributed by atoms with E-state index in [0.29, 0.717) is 6.54 Å². The minimum absolute atomic E-state index is 0.678. The van der Waals surface area contributed by atoms with Crippen LogP contribution in [0.3, 0.4) is 0 Å². The quantitative estimate of drug-likeness (QED) is 0.659. The number of nitrogens with one attached hydrogen (secondary N) is 2. The Morgan fingerprint density at radius 3 is 2.57 bits per heavy atom. The van der Waals surface area contributed by atoms with Gasteiger partial charge in [-0.3, -0.25) is 0 Å². The maximum atomic E-state index is 4.61. The first kappa shape index (κ1) is 15.5. The lowest BCUT2D eigenvalue weighted by atomic mass is 10.1. The topological polar surface area (TPSA) is 49.3 Å². The molecule has 0 aliphatic carbocycles. The maximum absolute atomic E-state index is 4.61. The van der Waals surface area contributed by atoms with Crippen LogP contribution in [0, 0.1) is 13.8 Å². The zero-order chi connectivity index (χ0) is 15.1. The average Bonchev–Trinajstić information content (AvgIpc) is 2.89. The normalized spacial score (nSPS) is 11.5. The van der Waals surface area contributed by atoms with Crippen molar-refractivity contribution < 1.29 is 0 Å². The van der Waals surface area contributed by atoms with Crippen molar-refractivity contribution in [2.45, 2.75) is 33.9 Å². The summed E-state index contributed by atoms with van der Waals surface area (Å²) >= 11 is 1.71. The predicted molar refractivity (Wildman–Crippen MR) is 89.7 cm³/mol. The number of nitrogens with zero attached hydrogens (tertiary/aromatic N) is 2. The lowest BCUT2D eigenvalue weighted by molar-refractivity contribution is 0.822. The van der Waals surface area contributed by atoms with E-state index in [1.807, 2.05) is 13.1 Å². The Hall–Kier alpha value is -1.88. The molecular formula is C16H22N4S. The van der Waals surface area contributed by atoms with Gasteiger partial charge >= 0.3 is 0 Å². The first-order chi connectivity index (χ1) is 10.2. The molecule has 0 saturated heterocycles. The van der Waals surface area contributed by atoms with Crippen molar-refractivity contribution in [2.24, 2.45) is 4.99 Å². The summed E-state index contributed by atoms with van der Waals surface area (Å²) in [7, 11) is 0. The summed E-state index contributed by atoms with van der Waals surface area (Å²) in [6.07, 6.45) is 1.91. The number of guanidine groups is 1. The van der Waals surface area contributed by atoms with Crippen molar-refractivity contribution in [2.75, 3.05) is 6.54 Å². The minimum atomic E-state index is 0.678. The summed E-state index contributed by atoms with van der Waals surface area (Å²) in [5.41, 5.74) is 2.49. The van der Waals surface area contributed by atoms with E-state index in [1.165, 1.54) is 16.0 Å². The van der Waals surface area contributed by atoms with Crippen LogP contribution in [0.1, 0.15) is 27.9 Å². The Balaban J connectivity index is 1.93. The molecule has 2 N–H and O–H groups in total. The molecule has 1 aromatic heterocycles. The van der Waals surface area contributed by atoms with E-state index in [4.69, 9.17) is 0 Å². The first-order valence-corrected chi connectivity index (χ1v) is 7.98. The van der Waals surface area contributed by atoms with Crippen molar-refractivity contribution in [3.8, 4) is 0 Å². The molecule has 0 aliphatic heterocycles. The van der Waals surface area contributed by atoms with Gasteiger partial charge in [0.25, 0.3) is 0 Å². The zero-order valence-corrected chi connectivity index (χ0v) is 13.6. The molecule has 0 fully saturated rings. The second-order valence-corrected chi connectivity index (χ2v) is 6.20. The average molecular weight is 302 g/mol. The van der Waals surface area contributed by atoms with E-state index in [9.17, 15) is 0 Å². The van der Waals surface area contributed by atoms with Crippen LogP contribution >= 0.6 is 11.3 Å². The summed E-state index contributed by atoms with van der Waals surface area (Å²) < 4.78 is 0. The third-order valence-electron chi connectivity index (χ3n) is 2.98. The molecule has 2 aromatic rings. The van der Waals surface area contributed by atoms with Gasteiger partial charge in [-0.15, -0.1) is 11.3 Å². The molecule has 21 heavy (non-hydrogen) atoms. The fourth-order valence-corrected chi connectivity index (χ4v) is 2.60. The monoisotopic (exact) mass is 302 g/mol. The van der Waals surface area contributed by atoms with Crippen molar-refractivity contribution in [1.29, 1.82) is 0 Å². The summed E-state index contributed by atoms with van der Waals surface area (Å²) in [5, 5.41) is 7.70. The summed E-state index contributed by atoms with van der Waals surface area (Å²) in [5.74, 6) is 0.837. The van der Waals surface area contributed by atoms with Gasteiger partial charge in [-0.25, -0.2) is 9.98 Å². The molecular weight excluding hydrogens is 280 g/mol. The van der Waals surface area contributed by atoms with Crippen molar-refractivity contribution in [1.82, 2.24) is 15.6 Å². The molecule has 1 aromatic carbocycles. The van der Waals surface area contributed by atoms with E-state index >= 15 is 0 Å². The van der Waals surface area contributed by atoms with Gasteiger partial charge in [0.05, 0.1) is 18.1 Å². The number of aromatic nitrogens is 1. The van der Waals surface area contributed by atoms with Gasteiger partial charge in [0.2, 0.25) is 0 Å². The molecule has 4 nitrogen and oxygen atoms in total. The highest BCUT2D eigenvalue weighted by molar-refractivity contribution is 7.11. The second kappa shape index (κ2) is 7.78. The molecule has 0 spiro atoms. The van der Waals surface area contributed by atoms with Crippen molar-refractivity contribution >= 4 is 17.3 Å². The number of aryl methyl sites for hydroxylation is 2. The van der Waals surface area contributed by atoms with Gasteiger partial charge in [-0.05, 0) is 26.3 Å². The number of benzene rings is 1. The number of aliphatic imine (C=N–C) groups is 1. The molecule has 5 heteroatoms. The highest BCUT2D eigenvalue weighted by Crippen LogP contribution is 2.10. The van der Waals surface area contributed by atoms with E-state index < -0.39 is 0 Å². The van der Waals surface area contributed by atoms with Crippen LogP contribution < -0.4 is 10.6 Å². The van der Waals surface area contributed by atoms with Gasteiger partial charge in [0, 0.05) is 17.6 Å². The third kappa shape index (κ3) is 5.19. The van der Waals surface area contributed by atoms with Crippen LogP contribution in [0.4, 0.5) is 0 Å². The molecule has 0 aliphatic rings. The number of rotatable bonds is 5. The zero-order valence-electron chi connectivity index (χ0n) is 12.8. The van der Waals surface area contributed by atoms with Crippen LogP contribution in [0.15, 0.2) is 35.5 Å². The molecule has 0 amide bonds. The Bertz CT molecular complexity index is 587. The molecule has 112 valence electrons. The predicted octanol–water partition coefficient (Wildman–Crippen LogP) is 3.02. The highest BCUT2D eigenvalue weighted by Gasteiger charge is 2.01. The second-order valence-electron chi connectivity index (χ2n) is 4.88. The van der Waals surface area contributed by atoms with Gasteiger partial charge in [-0.1, -0.05) is 29.8 Å². The number of thiazole rings is 1. The Kier molecular flexibility index (Phi) is 5.75. The van der Waals surface area contributed by atoms with E-state index in [1.54, 1.807) is 11.3 Å². The van der Waals surface area contributed by atoms with Gasteiger partial charge in [0.1, 0.15) is 0 Å². The first-order valence-electron chi connectivity index (χ1n) is 7.16. The standard InChI is InChI=1S/C16H22N4S/c1-4-17-16(20-11-15-10-18-13(3)21-15)19-9-14-7-5-12(2)6-8-14/h5-8,10H,4,9,11H2,1-3H3,(H2,17,19,20). The van der Waals surface area contributed by atoms with E-state index in [2.05, 4.69) is 58.7 Å². The number of hydrogen-bond donors (Lipinski definition) is 2. The Labute approximate surface area is 130 Å². The Morgan fingerprint density at radius 1 is 1.19 bits per heavy atom. The Morgan fingerprint density at radius 2 is 1.95 bits per heavy atom. The molecule has 0 atom stereocenters. The SMILES string of the molecule is CCNC(=NCc1ccc(C)cc1)NCc1cnc(C)s1. The summed E-state index contributed by atoms with van der Waals surface area (Å²) in [4.78, 5) is 10.1. The van der Waals surface area contributed by atoms with Crippen LogP contribution in [0.2, 0.25) is 0 Å². The van der Waals surface area contributed by atoms with Crippen LogP contribution in [0.5, 0.6) is 0 Å². The van der Waals surface area contributed by atoms with Gasteiger partial charge < -0.3 is 10.6 Å². The maximum Gasteiger partial charge on any atom is 0.191 e. The van der Waals surface area contributed by atoms with Crippen molar-refractivity contribution in [3.63, 3.8) is 0 Å². The van der Waals surface area contributed by atoms with Crippen LogP contribution in [-0.4, -0.2) is 17.5 Å². The van der Waals surface area contributed by atoms with Crippen molar-refractivity contribution in [3.05, 3.63) is 51.5 Å². The van der Waals surface area contributed by atoms with Crippen LogP contribution in [0.25, 0.3) is 0 Å². The molecule has 0 bridgehead atoms. The fourth-order valence-electron chi connectivity index (χ4n) is 1.86. The minimum Gasteiger partial charge on any atom is -0.357 e. The molecule has 0 unspecified atom stereocenters. The van der Waals surface area contributed by atoms with Gasteiger partial charge in [-0.2, -0.15) is 0 Å². The van der Waals surface area contributed by atoms with E-state index in [-0.39, 0.29) is 0 Å². The number of hydrogen-bond acceptors (Lipinski definition) is 3. The summed E-state index contributed by atoms with van der Waals surface area (Å²) in [6, 6.07) is 8.47. The largest absolute Gasteiger partial charge is 0.357 e. The van der Waals surface area contributed by atoms with Gasteiger partial charge in [0.15, 0.2) is 5.96 Å². The molecule has 1 heterocycles. The molecule has 0 radical (unpaired) electrons. The highest BCUT2D eigenvalue weighted by atomic mass is 32.1. The summed E-state index contributed by atoms with van der Waals surface area (Å²) in [6.45, 7) is 8.46. The fraction of sp³-hybridized carbons (Fsp3) is 0.375. The smallest absolute Gasteiger partial charge is 0.191 e.